The molecule has 0 aromatic heterocycles. The molecule has 76 heavy (non-hydrogen) atoms. The van der Waals surface area contributed by atoms with E-state index in [0.29, 0.717) is 6.42 Å². The molecule has 0 saturated carbocycles. The average molecular weight is 1060 g/mol. The number of rotatable bonds is 33. The van der Waals surface area contributed by atoms with Crippen LogP contribution in [-0.4, -0.2) is 145 Å². The fourth-order valence-corrected chi connectivity index (χ4v) is 6.34. The van der Waals surface area contributed by atoms with Crippen LogP contribution in [0.25, 0.3) is 11.1 Å². The third-order valence-electron chi connectivity index (χ3n) is 10.4. The van der Waals surface area contributed by atoms with E-state index in [-0.39, 0.29) is 17.7 Å². The van der Waals surface area contributed by atoms with Crippen molar-refractivity contribution < 1.29 is 105 Å². The van der Waals surface area contributed by atoms with Gasteiger partial charge in [0.05, 0.1) is 12.0 Å². The number of benzene rings is 2. The highest BCUT2D eigenvalue weighted by atomic mass is 16.6. The fraction of sp³-hybridized carbons (Fsp3) is 0.288. The quantitative estimate of drug-likeness (QED) is 0.0287. The van der Waals surface area contributed by atoms with Gasteiger partial charge in [-0.1, -0.05) is 58.2 Å². The number of carbonyl (C=O) groups excluding carboxylic acids is 11. The molecule has 0 bridgehead atoms. The lowest BCUT2D eigenvalue weighted by atomic mass is 9.91. The number of hydrogen-bond acceptors (Lipinski definition) is 22. The average Bonchev–Trinajstić information content (AvgIpc) is 3.80. The standard InChI is InChI=1S/C52H54N2O22/c1-8-40(56)66-23-50(24-67-41(57)9-2,25-68-42(58)10-3)28-74-48(64)53-36-15-17-38-34(20-36)19-35-21-37(16-18-39(35)38)54-49(65)75-29-51(26-69-43(59)11-4,27-70-44(60)12-5)30-76-52(31-71-45(61)13-6,32-72-46(62)14-7)33-73-47(63)22-55/h8-18,20-22H,1-7,19,23-33H2,(H,53,64)(H,54,65). The van der Waals surface area contributed by atoms with Gasteiger partial charge in [-0.3, -0.25) is 15.4 Å². The summed E-state index contributed by atoms with van der Waals surface area (Å²) in [6.07, 6.45) is 3.86. The van der Waals surface area contributed by atoms with Gasteiger partial charge < -0.3 is 52.1 Å². The number of nitrogens with one attached hydrogen (secondary N) is 2. The van der Waals surface area contributed by atoms with Crippen LogP contribution in [0.15, 0.2) is 125 Å². The Labute approximate surface area is 434 Å². The van der Waals surface area contributed by atoms with Crippen LogP contribution in [0.5, 0.6) is 0 Å². The van der Waals surface area contributed by atoms with Gasteiger partial charge in [-0.25, -0.2) is 47.9 Å². The van der Waals surface area contributed by atoms with Crippen LogP contribution in [0.3, 0.4) is 0 Å². The zero-order chi connectivity index (χ0) is 56.3. The third kappa shape index (κ3) is 19.5. The highest BCUT2D eigenvalue weighted by Gasteiger charge is 2.44. The van der Waals surface area contributed by atoms with Crippen LogP contribution in [0.2, 0.25) is 0 Å². The number of ether oxygens (including phenoxy) is 11. The van der Waals surface area contributed by atoms with E-state index in [1.54, 1.807) is 36.4 Å². The van der Waals surface area contributed by atoms with E-state index in [9.17, 15) is 52.7 Å². The number of esters is 8. The number of hydrogen-bond donors (Lipinski definition) is 2. The molecule has 2 aromatic rings. The zero-order valence-corrected chi connectivity index (χ0v) is 41.0. The van der Waals surface area contributed by atoms with Crippen molar-refractivity contribution in [2.75, 3.05) is 83.3 Å². The first kappa shape index (κ1) is 60.9. The summed E-state index contributed by atoms with van der Waals surface area (Å²) in [7, 11) is 0. The number of carbonyl (C=O) groups is 11. The van der Waals surface area contributed by atoms with Gasteiger partial charge in [-0.05, 0) is 52.9 Å². The maximum atomic E-state index is 13.5. The maximum Gasteiger partial charge on any atom is 0.411 e. The molecule has 404 valence electrons. The van der Waals surface area contributed by atoms with Crippen LogP contribution >= 0.6 is 0 Å². The van der Waals surface area contributed by atoms with Crippen LogP contribution < -0.4 is 10.6 Å². The molecule has 0 spiro atoms. The minimum atomic E-state index is -2.14. The van der Waals surface area contributed by atoms with Crippen molar-refractivity contribution in [1.29, 1.82) is 0 Å². The Morgan fingerprint density at radius 2 is 0.671 bits per heavy atom. The van der Waals surface area contributed by atoms with Gasteiger partial charge >= 0.3 is 59.9 Å². The van der Waals surface area contributed by atoms with Crippen molar-refractivity contribution in [3.63, 3.8) is 0 Å². The van der Waals surface area contributed by atoms with E-state index < -0.39 is 149 Å². The van der Waals surface area contributed by atoms with E-state index in [1.165, 1.54) is 0 Å². The lowest BCUT2D eigenvalue weighted by Crippen LogP contribution is -2.53. The molecule has 24 nitrogen and oxygen atoms in total. The van der Waals surface area contributed by atoms with Crippen molar-refractivity contribution in [1.82, 2.24) is 0 Å². The molecule has 0 radical (unpaired) electrons. The predicted octanol–water partition coefficient (Wildman–Crippen LogP) is 3.93. The molecular weight excluding hydrogens is 1000 g/mol. The first-order valence-corrected chi connectivity index (χ1v) is 22.2. The Kier molecular flexibility index (Phi) is 24.0. The molecule has 1 aliphatic carbocycles. The lowest BCUT2D eigenvalue weighted by molar-refractivity contribution is -0.201. The monoisotopic (exact) mass is 1060 g/mol. The summed E-state index contributed by atoms with van der Waals surface area (Å²) in [4.78, 5) is 135. The molecule has 0 unspecified atom stereocenters. The third-order valence-corrected chi connectivity index (χ3v) is 10.4. The molecule has 2 N–H and O–H groups in total. The Balaban J connectivity index is 1.86. The second kappa shape index (κ2) is 29.9. The van der Waals surface area contributed by atoms with E-state index in [4.69, 9.17) is 52.1 Å². The number of fused-ring (bicyclic) bond motifs is 3. The Hall–Kier alpha value is -9.45. The zero-order valence-electron chi connectivity index (χ0n) is 41.0. The van der Waals surface area contributed by atoms with E-state index >= 15 is 0 Å². The van der Waals surface area contributed by atoms with Crippen molar-refractivity contribution in [2.24, 2.45) is 10.8 Å². The van der Waals surface area contributed by atoms with Crippen LogP contribution in [-0.2, 0) is 102 Å². The normalized spacial score (nSPS) is 11.1. The molecule has 1 aliphatic rings. The summed E-state index contributed by atoms with van der Waals surface area (Å²) in [6.45, 7) is 15.6. The highest BCUT2D eigenvalue weighted by molar-refractivity contribution is 6.20. The molecule has 3 rings (SSSR count). The summed E-state index contributed by atoms with van der Waals surface area (Å²) in [5, 5.41) is 5.18. The van der Waals surface area contributed by atoms with Crippen molar-refractivity contribution in [3.05, 3.63) is 136 Å². The Bertz CT molecular complexity index is 2470. The Morgan fingerprint density at radius 3 is 0.974 bits per heavy atom. The molecule has 2 aromatic carbocycles. The smallest absolute Gasteiger partial charge is 0.411 e. The van der Waals surface area contributed by atoms with Gasteiger partial charge in [0.15, 0.2) is 5.60 Å². The minimum Gasteiger partial charge on any atom is -0.462 e. The van der Waals surface area contributed by atoms with Gasteiger partial charge in [0, 0.05) is 53.9 Å². The van der Waals surface area contributed by atoms with Gasteiger partial charge in [0.25, 0.3) is 0 Å². The Morgan fingerprint density at radius 1 is 0.395 bits per heavy atom. The van der Waals surface area contributed by atoms with E-state index in [2.05, 4.69) is 56.7 Å². The molecule has 0 fully saturated rings. The van der Waals surface area contributed by atoms with Gasteiger partial charge in [-0.2, -0.15) is 0 Å². The molecule has 0 aliphatic heterocycles. The number of anilines is 2. The maximum absolute atomic E-state index is 13.5. The predicted molar refractivity (Wildman–Crippen MR) is 263 cm³/mol. The van der Waals surface area contributed by atoms with Crippen molar-refractivity contribution in [2.45, 2.75) is 12.0 Å². The molecule has 2 amide bonds. The van der Waals surface area contributed by atoms with E-state index in [1.807, 2.05) is 0 Å². The van der Waals surface area contributed by atoms with Gasteiger partial charge in [-0.15, -0.1) is 0 Å². The van der Waals surface area contributed by atoms with Crippen LogP contribution in [0, 0.1) is 10.8 Å². The molecule has 0 heterocycles. The summed E-state index contributed by atoms with van der Waals surface area (Å²) < 4.78 is 58.5. The van der Waals surface area contributed by atoms with E-state index in [0.717, 1.165) is 64.8 Å². The fourth-order valence-electron chi connectivity index (χ4n) is 6.34. The first-order chi connectivity index (χ1) is 36.2. The second-order valence-electron chi connectivity index (χ2n) is 16.2. The van der Waals surface area contributed by atoms with Gasteiger partial charge in [0.2, 0.25) is 6.29 Å². The number of amides is 2. The van der Waals surface area contributed by atoms with Crippen molar-refractivity contribution in [3.8, 4) is 11.1 Å². The lowest BCUT2D eigenvalue weighted by Gasteiger charge is -2.37. The number of aldehydes is 1. The summed E-state index contributed by atoms with van der Waals surface area (Å²) in [6, 6.07) is 9.92. The summed E-state index contributed by atoms with van der Waals surface area (Å²) in [5.74, 6) is -7.95. The second-order valence-corrected chi connectivity index (χ2v) is 16.2. The SMILES string of the molecule is C=CC(=O)OCC(COC(=O)C=C)(COC(=O)C=C)COC(=O)Nc1ccc2c(c1)Cc1cc(NC(=O)OCC(COC(=O)C=C)(COC(=O)C=C)COC(COC(=O)C=C)(COC(=O)C=C)COC(=O)C=O)ccc1-2. The topological polar surface area (TPSA) is 313 Å². The molecule has 0 saturated heterocycles. The van der Waals surface area contributed by atoms with Crippen molar-refractivity contribution >= 4 is 77.6 Å². The van der Waals surface area contributed by atoms with Crippen LogP contribution in [0.4, 0.5) is 21.0 Å². The van der Waals surface area contributed by atoms with Gasteiger partial charge in [0.1, 0.15) is 71.5 Å². The first-order valence-electron chi connectivity index (χ1n) is 22.2. The van der Waals surface area contributed by atoms with Crippen LogP contribution in [0.1, 0.15) is 11.1 Å². The summed E-state index contributed by atoms with van der Waals surface area (Å²) >= 11 is 0. The molecule has 0 atom stereocenters. The minimum absolute atomic E-state index is 0.179. The molecule has 24 heteroatoms. The highest BCUT2D eigenvalue weighted by Crippen LogP contribution is 2.39. The summed E-state index contributed by atoms with van der Waals surface area (Å²) in [5.41, 5.74) is -2.02. The molecular formula is C52H54N2O22. The largest absolute Gasteiger partial charge is 0.462 e.